The van der Waals surface area contributed by atoms with Crippen molar-refractivity contribution in [2.45, 2.75) is 31.6 Å². The quantitative estimate of drug-likeness (QED) is 0.381. The number of morpholine rings is 1. The summed E-state index contributed by atoms with van der Waals surface area (Å²) in [7, 11) is 0.424. The summed E-state index contributed by atoms with van der Waals surface area (Å²) in [5.41, 5.74) is 1.03. The van der Waals surface area contributed by atoms with Gasteiger partial charge in [-0.2, -0.15) is 5.10 Å². The van der Waals surface area contributed by atoms with Crippen LogP contribution in [0.4, 0.5) is 0 Å². The first-order valence-corrected chi connectivity index (χ1v) is 10.1. The number of nitrogens with zero attached hydrogens (tertiary/aromatic N) is 4. The molecule has 10 heteroatoms. The molecule has 2 heterocycles. The third-order valence-corrected chi connectivity index (χ3v) is 6.87. The number of nitrogens with one attached hydrogen (secondary N) is 1. The average Bonchev–Trinajstić information content (AvgIpc) is 2.97. The van der Waals surface area contributed by atoms with Crippen LogP contribution in [0.25, 0.3) is 0 Å². The summed E-state index contributed by atoms with van der Waals surface area (Å²) in [6.07, 6.45) is 3.68. The summed E-state index contributed by atoms with van der Waals surface area (Å²) in [4.78, 5) is 6.38. The molecule has 0 amide bonds. The van der Waals surface area contributed by atoms with Gasteiger partial charge in [-0.1, -0.05) is 0 Å². The number of guanidine groups is 1. The SMILES string of the molecule is CN=C(NCCS(=O)(=O)C(C)(C)C)N1CCOC(c2cnn(C)c2)C1.I. The minimum absolute atomic E-state index is 0. The van der Waals surface area contributed by atoms with Crippen LogP contribution in [0, 0.1) is 0 Å². The Balaban J connectivity index is 0.00000338. The predicted octanol–water partition coefficient (Wildman–Crippen LogP) is 1.20. The second kappa shape index (κ2) is 9.36. The van der Waals surface area contributed by atoms with E-state index < -0.39 is 14.6 Å². The van der Waals surface area contributed by atoms with Crippen LogP contribution in [0.3, 0.4) is 0 Å². The smallest absolute Gasteiger partial charge is 0.193 e. The van der Waals surface area contributed by atoms with Crippen molar-refractivity contribution in [3.8, 4) is 0 Å². The largest absolute Gasteiger partial charge is 0.370 e. The number of ether oxygens (including phenoxy) is 1. The van der Waals surface area contributed by atoms with E-state index in [-0.39, 0.29) is 35.8 Å². The van der Waals surface area contributed by atoms with E-state index in [0.29, 0.717) is 32.2 Å². The lowest BCUT2D eigenvalue weighted by Crippen LogP contribution is -2.49. The van der Waals surface area contributed by atoms with E-state index in [4.69, 9.17) is 4.74 Å². The molecule has 1 fully saturated rings. The van der Waals surface area contributed by atoms with Crippen molar-refractivity contribution in [2.75, 3.05) is 39.0 Å². The molecule has 0 spiro atoms. The molecule has 0 radical (unpaired) electrons. The summed E-state index contributed by atoms with van der Waals surface area (Å²) < 4.78 is 31.3. The van der Waals surface area contributed by atoms with E-state index in [0.717, 1.165) is 5.56 Å². The van der Waals surface area contributed by atoms with Gasteiger partial charge in [-0.25, -0.2) is 8.42 Å². The number of hydrogen-bond donors (Lipinski definition) is 1. The zero-order chi connectivity index (χ0) is 18.7. The standard InChI is InChI=1S/C16H29N5O3S.HI/c1-16(2,3)25(22,23)9-6-18-15(17-4)21-7-8-24-14(12-21)13-10-19-20(5)11-13;/h10-11,14H,6-9,12H2,1-5H3,(H,17,18);1H. The Morgan fingerprint density at radius 3 is 2.69 bits per heavy atom. The summed E-state index contributed by atoms with van der Waals surface area (Å²) in [5, 5.41) is 7.35. The fourth-order valence-corrected chi connectivity index (χ4v) is 3.57. The highest BCUT2D eigenvalue weighted by atomic mass is 127. The van der Waals surface area contributed by atoms with Crippen LogP contribution in [0.2, 0.25) is 0 Å². The number of halogens is 1. The molecule has 1 saturated heterocycles. The van der Waals surface area contributed by atoms with Crippen molar-refractivity contribution < 1.29 is 13.2 Å². The number of aromatic nitrogens is 2. The van der Waals surface area contributed by atoms with Gasteiger partial charge in [0.2, 0.25) is 0 Å². The zero-order valence-corrected chi connectivity index (χ0v) is 19.2. The molecule has 0 saturated carbocycles. The molecule has 2 rings (SSSR count). The second-order valence-corrected chi connectivity index (χ2v) is 10.0. The van der Waals surface area contributed by atoms with Gasteiger partial charge in [-0.05, 0) is 20.8 Å². The zero-order valence-electron chi connectivity index (χ0n) is 16.1. The van der Waals surface area contributed by atoms with Crippen LogP contribution in [0.1, 0.15) is 32.4 Å². The van der Waals surface area contributed by atoms with Crippen molar-refractivity contribution >= 4 is 39.8 Å². The normalized spacial score (nSPS) is 19.2. The topological polar surface area (TPSA) is 88.8 Å². The van der Waals surface area contributed by atoms with Gasteiger partial charge in [0.05, 0.1) is 29.8 Å². The van der Waals surface area contributed by atoms with Gasteiger partial charge in [0.1, 0.15) is 6.10 Å². The molecule has 1 atom stereocenters. The Labute approximate surface area is 173 Å². The lowest BCUT2D eigenvalue weighted by atomic mass is 10.1. The third kappa shape index (κ3) is 5.81. The highest BCUT2D eigenvalue weighted by molar-refractivity contribution is 14.0. The fourth-order valence-electron chi connectivity index (χ4n) is 2.59. The molecule has 1 aliphatic heterocycles. The van der Waals surface area contributed by atoms with E-state index in [1.165, 1.54) is 0 Å². The van der Waals surface area contributed by atoms with Gasteiger partial charge >= 0.3 is 0 Å². The van der Waals surface area contributed by atoms with Gasteiger partial charge < -0.3 is 15.0 Å². The highest BCUT2D eigenvalue weighted by Crippen LogP contribution is 2.21. The molecule has 0 aromatic carbocycles. The molecule has 1 aromatic rings. The van der Waals surface area contributed by atoms with Crippen molar-refractivity contribution in [3.63, 3.8) is 0 Å². The number of rotatable bonds is 4. The van der Waals surface area contributed by atoms with Crippen LogP contribution >= 0.6 is 24.0 Å². The van der Waals surface area contributed by atoms with Crippen molar-refractivity contribution in [3.05, 3.63) is 18.0 Å². The Bertz CT molecular complexity index is 712. The molecular formula is C16H30IN5O3S. The molecule has 1 unspecified atom stereocenters. The van der Waals surface area contributed by atoms with Gasteiger partial charge in [-0.15, -0.1) is 24.0 Å². The maximum Gasteiger partial charge on any atom is 0.193 e. The van der Waals surface area contributed by atoms with Gasteiger partial charge in [-0.3, -0.25) is 9.67 Å². The third-order valence-electron chi connectivity index (χ3n) is 4.26. The molecule has 150 valence electrons. The maximum absolute atomic E-state index is 12.2. The average molecular weight is 499 g/mol. The number of hydrogen-bond acceptors (Lipinski definition) is 5. The van der Waals surface area contributed by atoms with Crippen LogP contribution in [-0.2, 0) is 21.6 Å². The van der Waals surface area contributed by atoms with Crippen LogP contribution < -0.4 is 5.32 Å². The number of sulfone groups is 1. The fraction of sp³-hybridized carbons (Fsp3) is 0.750. The predicted molar refractivity (Wildman–Crippen MR) is 114 cm³/mol. The van der Waals surface area contributed by atoms with Crippen LogP contribution in [0.15, 0.2) is 17.4 Å². The van der Waals surface area contributed by atoms with E-state index in [2.05, 4.69) is 20.3 Å². The molecular weight excluding hydrogens is 469 g/mol. The molecule has 26 heavy (non-hydrogen) atoms. The summed E-state index contributed by atoms with van der Waals surface area (Å²) in [6.45, 7) is 7.44. The highest BCUT2D eigenvalue weighted by Gasteiger charge is 2.29. The van der Waals surface area contributed by atoms with Gasteiger partial charge in [0.25, 0.3) is 0 Å². The van der Waals surface area contributed by atoms with Gasteiger partial charge in [0.15, 0.2) is 15.8 Å². The lowest BCUT2D eigenvalue weighted by Gasteiger charge is -2.34. The molecule has 1 N–H and O–H groups in total. The van der Waals surface area contributed by atoms with Crippen molar-refractivity contribution in [2.24, 2.45) is 12.0 Å². The number of aliphatic imine (C=N–C) groups is 1. The Morgan fingerprint density at radius 2 is 2.15 bits per heavy atom. The van der Waals surface area contributed by atoms with E-state index in [1.54, 1.807) is 38.7 Å². The Kier molecular flexibility index (Phi) is 8.33. The first kappa shape index (κ1) is 23.2. The maximum atomic E-state index is 12.2. The monoisotopic (exact) mass is 499 g/mol. The Hall–Kier alpha value is -0.880. The van der Waals surface area contributed by atoms with Crippen LogP contribution in [-0.4, -0.2) is 72.8 Å². The molecule has 0 bridgehead atoms. The molecule has 1 aliphatic rings. The number of aryl methyl sites for hydroxylation is 1. The summed E-state index contributed by atoms with van der Waals surface area (Å²) >= 11 is 0. The van der Waals surface area contributed by atoms with E-state index >= 15 is 0 Å². The Morgan fingerprint density at radius 1 is 1.46 bits per heavy atom. The van der Waals surface area contributed by atoms with E-state index in [9.17, 15) is 8.42 Å². The van der Waals surface area contributed by atoms with E-state index in [1.807, 2.05) is 13.2 Å². The minimum atomic E-state index is -3.16. The molecule has 1 aromatic heterocycles. The molecule has 0 aliphatic carbocycles. The summed E-state index contributed by atoms with van der Waals surface area (Å²) in [6, 6.07) is 0. The first-order valence-electron chi connectivity index (χ1n) is 8.42. The lowest BCUT2D eigenvalue weighted by molar-refractivity contribution is -0.00798. The summed E-state index contributed by atoms with van der Waals surface area (Å²) in [5.74, 6) is 0.771. The van der Waals surface area contributed by atoms with Crippen LogP contribution in [0.5, 0.6) is 0 Å². The van der Waals surface area contributed by atoms with Crippen molar-refractivity contribution in [1.29, 1.82) is 0 Å². The second-order valence-electron chi connectivity index (χ2n) is 7.16. The minimum Gasteiger partial charge on any atom is -0.370 e. The van der Waals surface area contributed by atoms with Gasteiger partial charge in [0, 0.05) is 38.9 Å². The van der Waals surface area contributed by atoms with Crippen molar-refractivity contribution in [1.82, 2.24) is 20.0 Å². The first-order chi connectivity index (χ1) is 11.6. The molecule has 8 nitrogen and oxygen atoms in total.